The van der Waals surface area contributed by atoms with E-state index >= 15 is 0 Å². The van der Waals surface area contributed by atoms with Crippen molar-refractivity contribution in [3.05, 3.63) is 12.7 Å². The molecule has 0 N–H and O–H groups in total. The van der Waals surface area contributed by atoms with Crippen LogP contribution in [0.3, 0.4) is 0 Å². The van der Waals surface area contributed by atoms with Crippen LogP contribution >= 0.6 is 0 Å². The Morgan fingerprint density at radius 3 is 1.26 bits per heavy atom. The molecule has 2 unspecified atom stereocenters. The van der Waals surface area contributed by atoms with Crippen molar-refractivity contribution in [2.45, 2.75) is 30.7 Å². The molecule has 0 aliphatic carbocycles. The van der Waals surface area contributed by atoms with Crippen molar-refractivity contribution in [3.63, 3.8) is 0 Å². The Kier molecular flexibility index (Phi) is 4.53. The molecular weight excluding hydrogens is 307 g/mol. The van der Waals surface area contributed by atoms with Crippen LogP contribution in [0.25, 0.3) is 0 Å². The van der Waals surface area contributed by atoms with E-state index in [1.54, 1.807) is 0 Å². The van der Waals surface area contributed by atoms with Gasteiger partial charge in [-0.3, -0.25) is 0 Å². The lowest BCUT2D eigenvalue weighted by Crippen LogP contribution is -2.62. The molecule has 0 aromatic carbocycles. The highest BCUT2D eigenvalue weighted by Crippen LogP contribution is 2.46. The van der Waals surface area contributed by atoms with Gasteiger partial charge in [0.05, 0.1) is 0 Å². The smallest absolute Gasteiger partial charge is 0.225 e. The van der Waals surface area contributed by atoms with E-state index in [-0.39, 0.29) is 0 Å². The summed E-state index contributed by atoms with van der Waals surface area (Å²) < 4.78 is 134. The first kappa shape index (κ1) is 17.9. The normalized spacial score (nSPS) is 19.2. The Balaban J connectivity index is 5.81. The van der Waals surface area contributed by atoms with Gasteiger partial charge in [-0.2, -0.15) is 39.5 Å². The lowest BCUT2D eigenvalue weighted by Gasteiger charge is -2.36. The van der Waals surface area contributed by atoms with E-state index in [1.807, 2.05) is 0 Å². The van der Waals surface area contributed by atoms with Gasteiger partial charge in [0.25, 0.3) is 5.67 Å². The predicted molar refractivity (Wildman–Crippen MR) is 38.9 cm³/mol. The number of hydrogen-bond acceptors (Lipinski definition) is 1. The molecule has 0 saturated carbocycles. The van der Waals surface area contributed by atoms with E-state index in [0.29, 0.717) is 0 Å². The summed E-state index contributed by atoms with van der Waals surface area (Å²) in [4.78, 5) is -3.13. The largest absolute Gasteiger partial charge is 0.469 e. The molecular formula is C7H4F11N. The molecule has 114 valence electrons. The molecule has 0 rings (SSSR count). The van der Waals surface area contributed by atoms with Crippen LogP contribution in [0.15, 0.2) is 12.7 Å². The first-order chi connectivity index (χ1) is 8.09. The van der Waals surface area contributed by atoms with Gasteiger partial charge in [-0.15, -0.1) is 0 Å². The molecule has 0 spiro atoms. The van der Waals surface area contributed by atoms with Gasteiger partial charge in [0.1, 0.15) is 0 Å². The Bertz CT molecular complexity index is 311. The number of nitrogens with zero attached hydrogens (tertiary/aromatic N) is 1. The highest BCUT2D eigenvalue weighted by Gasteiger charge is 2.70. The van der Waals surface area contributed by atoms with Crippen LogP contribution in [0.2, 0.25) is 0 Å². The van der Waals surface area contributed by atoms with Gasteiger partial charge in [-0.25, -0.2) is 8.78 Å². The van der Waals surface area contributed by atoms with Crippen molar-refractivity contribution in [3.8, 4) is 0 Å². The Morgan fingerprint density at radius 1 is 0.789 bits per heavy atom. The maximum atomic E-state index is 13.1. The highest BCUT2D eigenvalue weighted by molar-refractivity contribution is 5.07. The third-order valence-electron chi connectivity index (χ3n) is 1.85. The third kappa shape index (κ3) is 3.48. The predicted octanol–water partition coefficient (Wildman–Crippen LogP) is 4.08. The van der Waals surface area contributed by atoms with Crippen LogP contribution in [0, 0.1) is 0 Å². The lowest BCUT2D eigenvalue weighted by atomic mass is 10.0. The van der Waals surface area contributed by atoms with Crippen molar-refractivity contribution in [1.82, 2.24) is 4.90 Å². The molecule has 0 radical (unpaired) electrons. The van der Waals surface area contributed by atoms with Crippen molar-refractivity contribution in [1.29, 1.82) is 0 Å². The molecule has 2 atom stereocenters. The quantitative estimate of drug-likeness (QED) is 0.431. The second kappa shape index (κ2) is 4.80. The molecule has 1 nitrogen and oxygen atoms in total. The molecule has 12 heteroatoms. The first-order valence-electron chi connectivity index (χ1n) is 4.05. The second-order valence-corrected chi connectivity index (χ2v) is 3.11. The second-order valence-electron chi connectivity index (χ2n) is 3.11. The summed E-state index contributed by atoms with van der Waals surface area (Å²) in [6.07, 6.45) is -25.7. The zero-order valence-corrected chi connectivity index (χ0v) is 8.47. The average Bonchev–Trinajstić information content (AvgIpc) is 2.09. The molecule has 0 aromatic heterocycles. The summed E-state index contributed by atoms with van der Waals surface area (Å²) in [5.74, 6) is 0. The number of hydrogen-bond donors (Lipinski definition) is 0. The van der Waals surface area contributed by atoms with Crippen LogP contribution in [0.4, 0.5) is 48.3 Å². The molecule has 0 aliphatic heterocycles. The van der Waals surface area contributed by atoms with Crippen LogP contribution in [-0.2, 0) is 0 Å². The average molecular weight is 311 g/mol. The van der Waals surface area contributed by atoms with E-state index in [2.05, 4.69) is 6.58 Å². The first-order valence-corrected chi connectivity index (χ1v) is 4.05. The summed E-state index contributed by atoms with van der Waals surface area (Å²) in [6, 6.07) is 0. The Morgan fingerprint density at radius 2 is 1.11 bits per heavy atom. The fourth-order valence-corrected chi connectivity index (χ4v) is 0.937. The molecule has 0 heterocycles. The molecule has 0 aromatic rings. The van der Waals surface area contributed by atoms with Gasteiger partial charge in [0.15, 0.2) is 0 Å². The Labute approximate surface area is 97.8 Å². The van der Waals surface area contributed by atoms with Crippen LogP contribution in [0.1, 0.15) is 0 Å². The van der Waals surface area contributed by atoms with E-state index < -0.39 is 41.7 Å². The maximum absolute atomic E-state index is 13.1. The van der Waals surface area contributed by atoms with Gasteiger partial charge in [-0.1, -0.05) is 11.5 Å². The van der Waals surface area contributed by atoms with E-state index in [9.17, 15) is 48.3 Å². The standard InChI is InChI=1S/C7H4F11N/c1-2-4(9,5(10,11)12)3(8)19(6(13,14)15)7(16,17)18/h2-3H,1H2. The molecule has 0 amide bonds. The van der Waals surface area contributed by atoms with Crippen molar-refractivity contribution < 1.29 is 48.3 Å². The highest BCUT2D eigenvalue weighted by atomic mass is 19.4. The third-order valence-corrected chi connectivity index (χ3v) is 1.85. The summed E-state index contributed by atoms with van der Waals surface area (Å²) in [5, 5.41) is 0. The van der Waals surface area contributed by atoms with E-state index in [1.165, 1.54) is 0 Å². The molecule has 0 fully saturated rings. The van der Waals surface area contributed by atoms with Gasteiger partial charge in [-0.05, 0) is 6.08 Å². The minimum atomic E-state index is -6.61. The lowest BCUT2D eigenvalue weighted by molar-refractivity contribution is -0.415. The van der Waals surface area contributed by atoms with Gasteiger partial charge in [0.2, 0.25) is 6.30 Å². The molecule has 0 saturated heterocycles. The Hall–Kier alpha value is -1.07. The van der Waals surface area contributed by atoms with Crippen molar-refractivity contribution >= 4 is 0 Å². The van der Waals surface area contributed by atoms with Gasteiger partial charge < -0.3 is 0 Å². The summed E-state index contributed by atoms with van der Waals surface area (Å²) in [5.41, 5.74) is -5.54. The van der Waals surface area contributed by atoms with Crippen molar-refractivity contribution in [2.75, 3.05) is 0 Å². The van der Waals surface area contributed by atoms with Gasteiger partial charge >= 0.3 is 18.8 Å². The van der Waals surface area contributed by atoms with Crippen LogP contribution < -0.4 is 0 Å². The molecule has 0 bridgehead atoms. The van der Waals surface area contributed by atoms with Crippen LogP contribution in [0.5, 0.6) is 0 Å². The number of rotatable bonds is 3. The number of alkyl halides is 11. The minimum Gasteiger partial charge on any atom is -0.225 e. The van der Waals surface area contributed by atoms with E-state index in [0.717, 1.165) is 0 Å². The SMILES string of the molecule is C=CC(F)(C(F)N(C(F)(F)F)C(F)(F)F)C(F)(F)F. The fraction of sp³-hybridized carbons (Fsp3) is 0.714. The van der Waals surface area contributed by atoms with Gasteiger partial charge in [0, 0.05) is 0 Å². The minimum absolute atomic E-state index is 1.01. The van der Waals surface area contributed by atoms with E-state index in [4.69, 9.17) is 0 Å². The molecule has 0 aliphatic rings. The summed E-state index contributed by atoms with van der Waals surface area (Å²) >= 11 is 0. The summed E-state index contributed by atoms with van der Waals surface area (Å²) in [7, 11) is 0. The zero-order valence-electron chi connectivity index (χ0n) is 8.47. The fourth-order valence-electron chi connectivity index (χ4n) is 0.937. The maximum Gasteiger partial charge on any atom is 0.469 e. The summed E-state index contributed by atoms with van der Waals surface area (Å²) in [6.45, 7) is 2.07. The number of halogens is 11. The van der Waals surface area contributed by atoms with Crippen LogP contribution in [-0.4, -0.2) is 35.6 Å². The monoisotopic (exact) mass is 311 g/mol. The topological polar surface area (TPSA) is 3.24 Å². The van der Waals surface area contributed by atoms with Crippen molar-refractivity contribution in [2.24, 2.45) is 0 Å². The zero-order chi connectivity index (χ0) is 15.9. The molecule has 19 heavy (non-hydrogen) atoms.